The molecule has 80 valence electrons. The van der Waals surface area contributed by atoms with Gasteiger partial charge in [-0.3, -0.25) is 4.90 Å². The maximum Gasteiger partial charge on any atom is 0.0166 e. The Morgan fingerprint density at radius 1 is 1.43 bits per heavy atom. The lowest BCUT2D eigenvalue weighted by molar-refractivity contribution is 0.240. The Morgan fingerprint density at radius 3 is 3.00 bits per heavy atom. The summed E-state index contributed by atoms with van der Waals surface area (Å²) in [7, 11) is 0. The Bertz CT molecular complexity index is 212. The molecule has 2 saturated heterocycles. The van der Waals surface area contributed by atoms with Crippen molar-refractivity contribution >= 4 is 0 Å². The van der Waals surface area contributed by atoms with E-state index in [-0.39, 0.29) is 0 Å². The number of fused-ring (bicyclic) bond motifs is 1. The van der Waals surface area contributed by atoms with Crippen LogP contribution in [-0.2, 0) is 0 Å². The normalized spacial score (nSPS) is 38.3. The van der Waals surface area contributed by atoms with E-state index in [0.29, 0.717) is 0 Å². The molecule has 0 radical (unpaired) electrons. The summed E-state index contributed by atoms with van der Waals surface area (Å²) >= 11 is 0. The van der Waals surface area contributed by atoms with Crippen LogP contribution in [0.1, 0.15) is 20.3 Å². The average Bonchev–Trinajstić information content (AvgIpc) is 2.73. The fraction of sp³-hybridized carbons (Fsp3) is 0.833. The fourth-order valence-electron chi connectivity index (χ4n) is 3.12. The molecule has 0 saturated carbocycles. The number of likely N-dealkylation sites (tertiary alicyclic amines) is 1. The molecule has 14 heavy (non-hydrogen) atoms. The van der Waals surface area contributed by atoms with Crippen molar-refractivity contribution in [1.82, 2.24) is 10.2 Å². The number of hydrogen-bond acceptors (Lipinski definition) is 2. The van der Waals surface area contributed by atoms with Crippen LogP contribution >= 0.6 is 0 Å². The molecule has 2 rings (SSSR count). The zero-order valence-electron chi connectivity index (χ0n) is 9.37. The van der Waals surface area contributed by atoms with Gasteiger partial charge in [0.15, 0.2) is 0 Å². The van der Waals surface area contributed by atoms with Crippen LogP contribution in [0.25, 0.3) is 0 Å². The standard InChI is InChI=1S/C12H22N2/c1-3-5-6-14-9-10-7-13-8-11(10)12(14)4-2/h3,5,10-13H,4,6-9H2,1-2H3. The Hall–Kier alpha value is -0.340. The van der Waals surface area contributed by atoms with Crippen molar-refractivity contribution in [2.75, 3.05) is 26.2 Å². The van der Waals surface area contributed by atoms with E-state index in [2.05, 4.69) is 36.2 Å². The lowest BCUT2D eigenvalue weighted by atomic mass is 9.93. The molecule has 0 aromatic carbocycles. The molecule has 0 aromatic heterocycles. The summed E-state index contributed by atoms with van der Waals surface area (Å²) < 4.78 is 0. The molecule has 0 spiro atoms. The SMILES string of the molecule is CC=CCN1CC2CNCC2C1CC. The van der Waals surface area contributed by atoms with Crippen molar-refractivity contribution in [2.45, 2.75) is 26.3 Å². The summed E-state index contributed by atoms with van der Waals surface area (Å²) in [6.45, 7) is 9.39. The summed E-state index contributed by atoms with van der Waals surface area (Å²) in [4.78, 5) is 2.66. The van der Waals surface area contributed by atoms with Crippen molar-refractivity contribution < 1.29 is 0 Å². The molecule has 2 heteroatoms. The zero-order valence-corrected chi connectivity index (χ0v) is 9.37. The molecule has 1 N–H and O–H groups in total. The molecule has 2 aliphatic heterocycles. The van der Waals surface area contributed by atoms with Crippen LogP contribution in [0.2, 0.25) is 0 Å². The van der Waals surface area contributed by atoms with E-state index in [1.807, 2.05) is 0 Å². The molecule has 2 heterocycles. The highest BCUT2D eigenvalue weighted by molar-refractivity contribution is 4.99. The molecular weight excluding hydrogens is 172 g/mol. The molecule has 0 amide bonds. The number of rotatable bonds is 3. The van der Waals surface area contributed by atoms with Gasteiger partial charge in [0.2, 0.25) is 0 Å². The van der Waals surface area contributed by atoms with Crippen molar-refractivity contribution in [2.24, 2.45) is 11.8 Å². The van der Waals surface area contributed by atoms with E-state index in [1.165, 1.54) is 26.1 Å². The van der Waals surface area contributed by atoms with Gasteiger partial charge in [0.25, 0.3) is 0 Å². The third-order valence-corrected chi connectivity index (χ3v) is 3.82. The van der Waals surface area contributed by atoms with Gasteiger partial charge >= 0.3 is 0 Å². The van der Waals surface area contributed by atoms with E-state index in [1.54, 1.807) is 0 Å². The fourth-order valence-corrected chi connectivity index (χ4v) is 3.12. The third kappa shape index (κ3) is 1.73. The van der Waals surface area contributed by atoms with E-state index in [4.69, 9.17) is 0 Å². The highest BCUT2D eigenvalue weighted by atomic mass is 15.2. The van der Waals surface area contributed by atoms with Crippen molar-refractivity contribution in [1.29, 1.82) is 0 Å². The second kappa shape index (κ2) is 4.45. The Kier molecular flexibility index (Phi) is 3.24. The molecule has 2 aliphatic rings. The smallest absolute Gasteiger partial charge is 0.0166 e. The van der Waals surface area contributed by atoms with E-state index < -0.39 is 0 Å². The molecule has 3 unspecified atom stereocenters. The average molecular weight is 194 g/mol. The van der Waals surface area contributed by atoms with Gasteiger partial charge in [-0.15, -0.1) is 0 Å². The van der Waals surface area contributed by atoms with Crippen LogP contribution < -0.4 is 5.32 Å². The summed E-state index contributed by atoms with van der Waals surface area (Å²) in [5, 5.41) is 3.52. The van der Waals surface area contributed by atoms with Crippen LogP contribution in [0.4, 0.5) is 0 Å². The van der Waals surface area contributed by atoms with Gasteiger partial charge in [-0.25, -0.2) is 0 Å². The number of nitrogens with one attached hydrogen (secondary N) is 1. The first-order valence-electron chi connectivity index (χ1n) is 5.92. The van der Waals surface area contributed by atoms with Crippen LogP contribution in [-0.4, -0.2) is 37.1 Å². The predicted molar refractivity (Wildman–Crippen MR) is 60.3 cm³/mol. The first-order chi connectivity index (χ1) is 6.86. The van der Waals surface area contributed by atoms with Gasteiger partial charge in [0.1, 0.15) is 0 Å². The maximum absolute atomic E-state index is 3.52. The lowest BCUT2D eigenvalue weighted by Crippen LogP contribution is -2.35. The third-order valence-electron chi connectivity index (χ3n) is 3.82. The van der Waals surface area contributed by atoms with Gasteiger partial charge in [0, 0.05) is 19.1 Å². The minimum absolute atomic E-state index is 0.825. The highest BCUT2D eigenvalue weighted by Gasteiger charge is 2.42. The van der Waals surface area contributed by atoms with Gasteiger partial charge in [0.05, 0.1) is 0 Å². The second-order valence-electron chi connectivity index (χ2n) is 4.58. The van der Waals surface area contributed by atoms with Crippen LogP contribution in [0.5, 0.6) is 0 Å². The minimum Gasteiger partial charge on any atom is -0.316 e. The largest absolute Gasteiger partial charge is 0.316 e. The Morgan fingerprint density at radius 2 is 2.29 bits per heavy atom. The molecule has 2 nitrogen and oxygen atoms in total. The topological polar surface area (TPSA) is 15.3 Å². The van der Waals surface area contributed by atoms with E-state index in [0.717, 1.165) is 24.4 Å². The predicted octanol–water partition coefficient (Wildman–Crippen LogP) is 1.49. The summed E-state index contributed by atoms with van der Waals surface area (Å²) in [6.07, 6.45) is 5.76. The molecule has 3 atom stereocenters. The van der Waals surface area contributed by atoms with Crippen molar-refractivity contribution in [3.8, 4) is 0 Å². The van der Waals surface area contributed by atoms with Crippen LogP contribution in [0, 0.1) is 11.8 Å². The van der Waals surface area contributed by atoms with E-state index >= 15 is 0 Å². The van der Waals surface area contributed by atoms with Crippen LogP contribution in [0.3, 0.4) is 0 Å². The van der Waals surface area contributed by atoms with Gasteiger partial charge in [-0.05, 0) is 38.3 Å². The van der Waals surface area contributed by atoms with E-state index in [9.17, 15) is 0 Å². The monoisotopic (exact) mass is 194 g/mol. The van der Waals surface area contributed by atoms with Crippen molar-refractivity contribution in [3.63, 3.8) is 0 Å². The highest BCUT2D eigenvalue weighted by Crippen LogP contribution is 2.33. The maximum atomic E-state index is 3.52. The number of allylic oxidation sites excluding steroid dienone is 1. The Labute approximate surface area is 87.4 Å². The van der Waals surface area contributed by atoms with Crippen molar-refractivity contribution in [3.05, 3.63) is 12.2 Å². The van der Waals surface area contributed by atoms with Crippen LogP contribution in [0.15, 0.2) is 12.2 Å². The summed E-state index contributed by atoms with van der Waals surface area (Å²) in [6, 6.07) is 0.825. The first-order valence-corrected chi connectivity index (χ1v) is 5.92. The van der Waals surface area contributed by atoms with Gasteiger partial charge < -0.3 is 5.32 Å². The second-order valence-corrected chi connectivity index (χ2v) is 4.58. The lowest BCUT2D eigenvalue weighted by Gasteiger charge is -2.25. The van der Waals surface area contributed by atoms with Gasteiger partial charge in [-0.1, -0.05) is 19.1 Å². The molecule has 2 fully saturated rings. The minimum atomic E-state index is 0.825. The first kappa shape index (κ1) is 10.2. The van der Waals surface area contributed by atoms with Gasteiger partial charge in [-0.2, -0.15) is 0 Å². The summed E-state index contributed by atoms with van der Waals surface area (Å²) in [5.41, 5.74) is 0. The molecule has 0 bridgehead atoms. The zero-order chi connectivity index (χ0) is 9.97. The molecule has 0 aromatic rings. The quantitative estimate of drug-likeness (QED) is 0.685. The summed E-state index contributed by atoms with van der Waals surface area (Å²) in [5.74, 6) is 1.84. The molecular formula is C12H22N2. The molecule has 0 aliphatic carbocycles. The Balaban J connectivity index is 1.98. The number of nitrogens with zero attached hydrogens (tertiary/aromatic N) is 1. The number of hydrogen-bond donors (Lipinski definition) is 1.